The number of piperidine rings is 1. The van der Waals surface area contributed by atoms with Crippen molar-refractivity contribution < 1.29 is 4.74 Å². The third kappa shape index (κ3) is 4.06. The van der Waals surface area contributed by atoms with E-state index >= 15 is 0 Å². The quantitative estimate of drug-likeness (QED) is 0.778. The number of rotatable bonds is 5. The first kappa shape index (κ1) is 14.6. The highest BCUT2D eigenvalue weighted by Gasteiger charge is 2.23. The standard InChI is InChI=1S/C14H22BrN3O/c1-3-8-19-14-9-13(16-10-17-14)18-6-4-12(5-7-18)11(2)15/h9-12H,3-8H2,1-2H3. The third-order valence-electron chi connectivity index (χ3n) is 3.59. The van der Waals surface area contributed by atoms with E-state index in [0.29, 0.717) is 17.3 Å². The molecule has 4 nitrogen and oxygen atoms in total. The van der Waals surface area contributed by atoms with Gasteiger partial charge in [-0.1, -0.05) is 29.8 Å². The average molecular weight is 328 g/mol. The van der Waals surface area contributed by atoms with Crippen molar-refractivity contribution in [3.8, 4) is 5.88 Å². The Bertz CT molecular complexity index is 392. The molecule has 5 heteroatoms. The van der Waals surface area contributed by atoms with Crippen LogP contribution in [0.3, 0.4) is 0 Å². The molecule has 106 valence electrons. The number of alkyl halides is 1. The molecule has 0 aromatic carbocycles. The number of ether oxygens (including phenoxy) is 1. The fraction of sp³-hybridized carbons (Fsp3) is 0.714. The molecule has 2 heterocycles. The van der Waals surface area contributed by atoms with Crippen molar-refractivity contribution in [2.24, 2.45) is 5.92 Å². The molecule has 1 fully saturated rings. The summed E-state index contributed by atoms with van der Waals surface area (Å²) >= 11 is 3.69. The minimum Gasteiger partial charge on any atom is -0.478 e. The number of aromatic nitrogens is 2. The molecular formula is C14H22BrN3O. The van der Waals surface area contributed by atoms with Gasteiger partial charge in [0.25, 0.3) is 0 Å². The number of hydrogen-bond acceptors (Lipinski definition) is 4. The van der Waals surface area contributed by atoms with Crippen molar-refractivity contribution in [1.29, 1.82) is 0 Å². The fourth-order valence-electron chi connectivity index (χ4n) is 2.38. The first-order chi connectivity index (χ1) is 9.20. The number of anilines is 1. The van der Waals surface area contributed by atoms with Crippen molar-refractivity contribution >= 4 is 21.7 Å². The smallest absolute Gasteiger partial charge is 0.218 e. The summed E-state index contributed by atoms with van der Waals surface area (Å²) in [6.45, 7) is 7.16. The van der Waals surface area contributed by atoms with Gasteiger partial charge in [0.1, 0.15) is 12.1 Å². The normalized spacial score (nSPS) is 18.4. The molecule has 1 saturated heterocycles. The molecule has 19 heavy (non-hydrogen) atoms. The van der Waals surface area contributed by atoms with Crippen LogP contribution in [-0.4, -0.2) is 34.5 Å². The maximum absolute atomic E-state index is 5.56. The molecule has 0 aliphatic carbocycles. The maximum atomic E-state index is 5.56. The topological polar surface area (TPSA) is 38.2 Å². The van der Waals surface area contributed by atoms with Crippen molar-refractivity contribution in [3.05, 3.63) is 12.4 Å². The lowest BCUT2D eigenvalue weighted by Crippen LogP contribution is -2.36. The molecule has 1 aliphatic heterocycles. The molecule has 0 amide bonds. The van der Waals surface area contributed by atoms with Crippen LogP contribution in [0.15, 0.2) is 12.4 Å². The molecule has 0 bridgehead atoms. The van der Waals surface area contributed by atoms with Gasteiger partial charge in [-0.3, -0.25) is 0 Å². The van der Waals surface area contributed by atoms with Crippen LogP contribution in [0.4, 0.5) is 5.82 Å². The zero-order valence-corrected chi connectivity index (χ0v) is 13.3. The first-order valence-corrected chi connectivity index (χ1v) is 7.96. The van der Waals surface area contributed by atoms with Crippen LogP contribution < -0.4 is 9.64 Å². The zero-order valence-electron chi connectivity index (χ0n) is 11.7. The van der Waals surface area contributed by atoms with Gasteiger partial charge in [0.2, 0.25) is 5.88 Å². The lowest BCUT2D eigenvalue weighted by atomic mass is 9.94. The molecule has 1 unspecified atom stereocenters. The van der Waals surface area contributed by atoms with Crippen molar-refractivity contribution in [2.75, 3.05) is 24.6 Å². The van der Waals surface area contributed by atoms with Crippen molar-refractivity contribution in [3.63, 3.8) is 0 Å². The minimum absolute atomic E-state index is 0.600. The Labute approximate surface area is 123 Å². The van der Waals surface area contributed by atoms with E-state index in [1.807, 2.05) is 6.07 Å². The Hall–Kier alpha value is -0.840. The molecule has 1 aromatic heterocycles. The van der Waals surface area contributed by atoms with Crippen LogP contribution in [0.2, 0.25) is 0 Å². The average Bonchev–Trinajstić information content (AvgIpc) is 2.45. The summed E-state index contributed by atoms with van der Waals surface area (Å²) in [6.07, 6.45) is 5.01. The van der Waals surface area contributed by atoms with Crippen LogP contribution in [0.5, 0.6) is 5.88 Å². The molecule has 0 radical (unpaired) electrons. The Morgan fingerprint density at radius 2 is 2.16 bits per heavy atom. The maximum Gasteiger partial charge on any atom is 0.218 e. The lowest BCUT2D eigenvalue weighted by molar-refractivity contribution is 0.304. The summed E-state index contributed by atoms with van der Waals surface area (Å²) in [5.74, 6) is 2.44. The molecule has 1 aliphatic rings. The van der Waals surface area contributed by atoms with Gasteiger partial charge in [0.05, 0.1) is 6.61 Å². The van der Waals surface area contributed by atoms with E-state index in [1.54, 1.807) is 6.33 Å². The molecule has 0 spiro atoms. The Morgan fingerprint density at radius 3 is 2.79 bits per heavy atom. The highest BCUT2D eigenvalue weighted by atomic mass is 79.9. The van der Waals surface area contributed by atoms with Gasteiger partial charge >= 0.3 is 0 Å². The monoisotopic (exact) mass is 327 g/mol. The largest absolute Gasteiger partial charge is 0.478 e. The second-order valence-corrected chi connectivity index (χ2v) is 6.51. The van der Waals surface area contributed by atoms with Gasteiger partial charge in [-0.15, -0.1) is 0 Å². The van der Waals surface area contributed by atoms with Crippen molar-refractivity contribution in [2.45, 2.75) is 37.9 Å². The van der Waals surface area contributed by atoms with Crippen LogP contribution in [-0.2, 0) is 0 Å². The molecule has 1 atom stereocenters. The summed E-state index contributed by atoms with van der Waals surface area (Å²) in [6, 6.07) is 1.95. The lowest BCUT2D eigenvalue weighted by Gasteiger charge is -2.34. The summed E-state index contributed by atoms with van der Waals surface area (Å²) in [7, 11) is 0. The van der Waals surface area contributed by atoms with E-state index in [9.17, 15) is 0 Å². The molecule has 1 aromatic rings. The van der Waals surface area contributed by atoms with E-state index < -0.39 is 0 Å². The fourth-order valence-corrected chi connectivity index (χ4v) is 2.90. The van der Waals surface area contributed by atoms with Crippen LogP contribution in [0.1, 0.15) is 33.1 Å². The van der Waals surface area contributed by atoms with E-state index in [4.69, 9.17) is 4.74 Å². The van der Waals surface area contributed by atoms with Gasteiger partial charge in [-0.25, -0.2) is 9.97 Å². The molecular weight excluding hydrogens is 306 g/mol. The number of nitrogens with zero attached hydrogens (tertiary/aromatic N) is 3. The van der Waals surface area contributed by atoms with Gasteiger partial charge < -0.3 is 9.64 Å². The highest BCUT2D eigenvalue weighted by molar-refractivity contribution is 9.09. The van der Waals surface area contributed by atoms with Gasteiger partial charge in [-0.05, 0) is 25.2 Å². The van der Waals surface area contributed by atoms with E-state index in [-0.39, 0.29) is 0 Å². The molecule has 0 saturated carbocycles. The van der Waals surface area contributed by atoms with Gasteiger partial charge in [-0.2, -0.15) is 0 Å². The number of hydrogen-bond donors (Lipinski definition) is 0. The van der Waals surface area contributed by atoms with Crippen LogP contribution in [0.25, 0.3) is 0 Å². The Morgan fingerprint density at radius 1 is 1.42 bits per heavy atom. The Balaban J connectivity index is 1.95. The van der Waals surface area contributed by atoms with Gasteiger partial charge in [0, 0.05) is 24.0 Å². The van der Waals surface area contributed by atoms with Gasteiger partial charge in [0.15, 0.2) is 0 Å². The summed E-state index contributed by atoms with van der Waals surface area (Å²) < 4.78 is 5.56. The van der Waals surface area contributed by atoms with Crippen LogP contribution in [0, 0.1) is 5.92 Å². The molecule has 2 rings (SSSR count). The second-order valence-electron chi connectivity index (χ2n) is 5.06. The highest BCUT2D eigenvalue weighted by Crippen LogP contribution is 2.27. The SMILES string of the molecule is CCCOc1cc(N2CCC(C(C)Br)CC2)ncn1. The van der Waals surface area contributed by atoms with Crippen molar-refractivity contribution in [1.82, 2.24) is 9.97 Å². The van der Waals surface area contributed by atoms with E-state index in [0.717, 1.165) is 31.2 Å². The first-order valence-electron chi connectivity index (χ1n) is 7.04. The Kier molecular flexibility index (Phi) is 5.43. The second kappa shape index (κ2) is 7.08. The summed E-state index contributed by atoms with van der Waals surface area (Å²) in [4.78, 5) is 11.4. The summed E-state index contributed by atoms with van der Waals surface area (Å²) in [5, 5.41) is 0. The minimum atomic E-state index is 0.600. The predicted molar refractivity (Wildman–Crippen MR) is 81.1 cm³/mol. The van der Waals surface area contributed by atoms with Crippen LogP contribution >= 0.6 is 15.9 Å². The number of halogens is 1. The molecule has 0 N–H and O–H groups in total. The summed E-state index contributed by atoms with van der Waals surface area (Å²) in [5.41, 5.74) is 0. The predicted octanol–water partition coefficient (Wildman–Crippen LogP) is 3.27. The van der Waals surface area contributed by atoms with E-state index in [2.05, 4.69) is 44.6 Å². The van der Waals surface area contributed by atoms with E-state index in [1.165, 1.54) is 12.8 Å². The zero-order chi connectivity index (χ0) is 13.7. The third-order valence-corrected chi connectivity index (χ3v) is 4.34.